The molecule has 0 aliphatic carbocycles. The first kappa shape index (κ1) is 22.9. The van der Waals surface area contributed by atoms with Gasteiger partial charge in [0.25, 0.3) is 5.69 Å². The maximum atomic E-state index is 13.0. The van der Waals surface area contributed by atoms with Crippen LogP contribution in [-0.2, 0) is 11.3 Å². The number of likely N-dealkylation sites (tertiary alicyclic amines) is 1. The monoisotopic (exact) mass is 469 g/mol. The molecule has 2 heterocycles. The molecule has 33 heavy (non-hydrogen) atoms. The second-order valence-corrected chi connectivity index (χ2v) is 8.48. The summed E-state index contributed by atoms with van der Waals surface area (Å²) in [7, 11) is 0. The third-order valence-corrected chi connectivity index (χ3v) is 6.30. The Morgan fingerprint density at radius 2 is 1.91 bits per heavy atom. The van der Waals surface area contributed by atoms with E-state index in [1.54, 1.807) is 6.92 Å². The molecule has 0 unspecified atom stereocenters. The van der Waals surface area contributed by atoms with E-state index in [1.807, 2.05) is 22.8 Å². The summed E-state index contributed by atoms with van der Waals surface area (Å²) in [6.45, 7) is 4.30. The Labute approximate surface area is 195 Å². The molecule has 1 aromatic heterocycles. The molecule has 0 bridgehead atoms. The van der Waals surface area contributed by atoms with E-state index in [0.717, 1.165) is 38.5 Å². The molecule has 0 spiro atoms. The number of halogens is 1. The van der Waals surface area contributed by atoms with Gasteiger partial charge in [-0.1, -0.05) is 41.9 Å². The van der Waals surface area contributed by atoms with Gasteiger partial charge in [0, 0.05) is 37.9 Å². The van der Waals surface area contributed by atoms with Gasteiger partial charge in [0.05, 0.1) is 22.4 Å². The lowest BCUT2D eigenvalue weighted by Crippen LogP contribution is -2.35. The molecule has 0 atom stereocenters. The summed E-state index contributed by atoms with van der Waals surface area (Å²) in [5, 5.41) is 11.4. The highest BCUT2D eigenvalue weighted by Crippen LogP contribution is 2.32. The van der Waals surface area contributed by atoms with E-state index in [9.17, 15) is 19.7 Å². The maximum absolute atomic E-state index is 13.0. The predicted molar refractivity (Wildman–Crippen MR) is 126 cm³/mol. The van der Waals surface area contributed by atoms with Gasteiger partial charge in [0.15, 0.2) is 0 Å². The van der Waals surface area contributed by atoms with E-state index < -0.39 is 16.3 Å². The van der Waals surface area contributed by atoms with Crippen LogP contribution in [0.3, 0.4) is 0 Å². The summed E-state index contributed by atoms with van der Waals surface area (Å²) in [4.78, 5) is 38.6. The normalized spacial score (nSPS) is 15.0. The number of hydrogen-bond donors (Lipinski definition) is 0. The maximum Gasteiger partial charge on any atom is 0.343 e. The molecule has 1 aliphatic heterocycles. The average molecular weight is 470 g/mol. The molecule has 8 nitrogen and oxygen atoms in total. The number of carbonyl (C=O) groups excluding carboxylic acids is 1. The fraction of sp³-hybridized carbons (Fsp3) is 0.333. The molecule has 0 N–H and O–H groups in total. The zero-order valence-electron chi connectivity index (χ0n) is 18.2. The number of ether oxygens (including phenoxy) is 1. The van der Waals surface area contributed by atoms with Gasteiger partial charge in [-0.25, -0.2) is 4.79 Å². The van der Waals surface area contributed by atoms with Crippen molar-refractivity contribution in [2.45, 2.75) is 32.4 Å². The second-order valence-electron chi connectivity index (χ2n) is 8.07. The predicted octanol–water partition coefficient (Wildman–Crippen LogP) is 4.58. The van der Waals surface area contributed by atoms with Crippen LogP contribution in [-0.4, -0.2) is 40.1 Å². The molecule has 1 saturated heterocycles. The largest absolute Gasteiger partial charge is 0.462 e. The van der Waals surface area contributed by atoms with Gasteiger partial charge in [0.1, 0.15) is 10.6 Å². The number of esters is 1. The van der Waals surface area contributed by atoms with Crippen molar-refractivity contribution in [2.75, 3.05) is 19.7 Å². The zero-order chi connectivity index (χ0) is 23.5. The summed E-state index contributed by atoms with van der Waals surface area (Å²) in [6, 6.07) is 12.8. The number of nitro groups is 1. The number of nitrogens with zero attached hydrogens (tertiary/aromatic N) is 3. The molecule has 1 aliphatic rings. The van der Waals surface area contributed by atoms with Crippen LogP contribution in [0.1, 0.15) is 41.7 Å². The van der Waals surface area contributed by atoms with Crippen molar-refractivity contribution in [1.82, 2.24) is 9.47 Å². The van der Waals surface area contributed by atoms with Crippen molar-refractivity contribution in [3.05, 3.63) is 85.1 Å². The fourth-order valence-electron chi connectivity index (χ4n) is 4.35. The van der Waals surface area contributed by atoms with Crippen LogP contribution in [0.4, 0.5) is 5.69 Å². The first-order chi connectivity index (χ1) is 15.9. The first-order valence-corrected chi connectivity index (χ1v) is 11.2. The van der Waals surface area contributed by atoms with Crippen molar-refractivity contribution in [3.8, 4) is 0 Å². The number of hydrogen-bond acceptors (Lipinski definition) is 6. The van der Waals surface area contributed by atoms with E-state index in [4.69, 9.17) is 16.3 Å². The number of benzene rings is 2. The lowest BCUT2D eigenvalue weighted by molar-refractivity contribution is -0.384. The molecular weight excluding hydrogens is 446 g/mol. The van der Waals surface area contributed by atoms with Gasteiger partial charge >= 0.3 is 5.97 Å². The number of rotatable bonds is 6. The SMILES string of the molecule is CCOC(=O)c1cn(C2CCN(Cc3ccccc3)CC2)c2cc(Cl)c([N+](=O)[O-])cc2c1=O. The van der Waals surface area contributed by atoms with E-state index >= 15 is 0 Å². The van der Waals surface area contributed by atoms with Crippen LogP contribution >= 0.6 is 11.6 Å². The summed E-state index contributed by atoms with van der Waals surface area (Å²) >= 11 is 6.17. The Bertz CT molecular complexity index is 1250. The standard InChI is InChI=1S/C24H24ClN3O5/c1-2-33-24(30)19-15-27(21-13-20(25)22(28(31)32)12-18(21)23(19)29)17-8-10-26(11-9-17)14-16-6-4-3-5-7-16/h3-7,12-13,15,17H,2,8-11,14H2,1H3. The van der Waals surface area contributed by atoms with Crippen molar-refractivity contribution < 1.29 is 14.5 Å². The number of fused-ring (bicyclic) bond motifs is 1. The topological polar surface area (TPSA) is 94.7 Å². The van der Waals surface area contributed by atoms with Gasteiger partial charge in [-0.3, -0.25) is 19.8 Å². The molecule has 3 aromatic rings. The van der Waals surface area contributed by atoms with Crippen LogP contribution < -0.4 is 5.43 Å². The molecule has 172 valence electrons. The Morgan fingerprint density at radius 3 is 2.55 bits per heavy atom. The van der Waals surface area contributed by atoms with Gasteiger partial charge < -0.3 is 9.30 Å². The van der Waals surface area contributed by atoms with Gasteiger partial charge in [-0.15, -0.1) is 0 Å². The Balaban J connectivity index is 1.71. The lowest BCUT2D eigenvalue weighted by Gasteiger charge is -2.34. The van der Waals surface area contributed by atoms with Crippen molar-refractivity contribution >= 4 is 34.2 Å². The molecule has 4 rings (SSSR count). The minimum Gasteiger partial charge on any atom is -0.462 e. The molecule has 0 saturated carbocycles. The third kappa shape index (κ3) is 4.77. The molecule has 2 aromatic carbocycles. The minimum atomic E-state index is -0.739. The highest BCUT2D eigenvalue weighted by molar-refractivity contribution is 6.33. The van der Waals surface area contributed by atoms with Crippen LogP contribution in [0.15, 0.2) is 53.5 Å². The fourth-order valence-corrected chi connectivity index (χ4v) is 4.58. The third-order valence-electron chi connectivity index (χ3n) is 5.99. The second kappa shape index (κ2) is 9.72. The number of pyridine rings is 1. The first-order valence-electron chi connectivity index (χ1n) is 10.8. The van der Waals surface area contributed by atoms with Crippen LogP contribution in [0.2, 0.25) is 5.02 Å². The number of nitro benzene ring substituents is 1. The quantitative estimate of drug-likeness (QED) is 0.298. The summed E-state index contributed by atoms with van der Waals surface area (Å²) < 4.78 is 6.92. The summed E-state index contributed by atoms with van der Waals surface area (Å²) in [5.74, 6) is -0.739. The molecule has 0 radical (unpaired) electrons. The van der Waals surface area contributed by atoms with E-state index in [0.29, 0.717) is 5.52 Å². The number of aromatic nitrogens is 1. The molecular formula is C24H24ClN3O5. The number of carbonyl (C=O) groups is 1. The Kier molecular flexibility index (Phi) is 6.76. The van der Waals surface area contributed by atoms with Crippen molar-refractivity contribution in [3.63, 3.8) is 0 Å². The van der Waals surface area contributed by atoms with Crippen molar-refractivity contribution in [1.29, 1.82) is 0 Å². The molecule has 9 heteroatoms. The highest BCUT2D eigenvalue weighted by Gasteiger charge is 2.26. The minimum absolute atomic E-state index is 0.00539. The lowest BCUT2D eigenvalue weighted by atomic mass is 10.0. The van der Waals surface area contributed by atoms with Crippen LogP contribution in [0.5, 0.6) is 0 Å². The Hall–Kier alpha value is -3.23. The molecule has 0 amide bonds. The zero-order valence-corrected chi connectivity index (χ0v) is 19.0. The Morgan fingerprint density at radius 1 is 1.21 bits per heavy atom. The van der Waals surface area contributed by atoms with Gasteiger partial charge in [-0.2, -0.15) is 0 Å². The highest BCUT2D eigenvalue weighted by atomic mass is 35.5. The summed E-state index contributed by atoms with van der Waals surface area (Å²) in [5.41, 5.74) is 0.624. The average Bonchev–Trinajstić information content (AvgIpc) is 2.80. The van der Waals surface area contributed by atoms with Crippen LogP contribution in [0, 0.1) is 10.1 Å². The number of piperidine rings is 1. The van der Waals surface area contributed by atoms with Crippen molar-refractivity contribution in [2.24, 2.45) is 0 Å². The van der Waals surface area contributed by atoms with E-state index in [-0.39, 0.29) is 34.3 Å². The van der Waals surface area contributed by atoms with Crippen LogP contribution in [0.25, 0.3) is 10.9 Å². The summed E-state index contributed by atoms with van der Waals surface area (Å²) in [6.07, 6.45) is 3.10. The van der Waals surface area contributed by atoms with E-state index in [2.05, 4.69) is 17.0 Å². The van der Waals surface area contributed by atoms with Gasteiger partial charge in [0.2, 0.25) is 5.43 Å². The molecule has 1 fully saturated rings. The smallest absolute Gasteiger partial charge is 0.343 e. The van der Waals surface area contributed by atoms with E-state index in [1.165, 1.54) is 17.8 Å². The van der Waals surface area contributed by atoms with Gasteiger partial charge in [-0.05, 0) is 31.4 Å².